The minimum absolute atomic E-state index is 0.0661. The summed E-state index contributed by atoms with van der Waals surface area (Å²) in [5.74, 6) is 0.197. The molecule has 1 atom stereocenters. The van der Waals surface area contributed by atoms with Crippen molar-refractivity contribution < 1.29 is 19.7 Å². The highest BCUT2D eigenvalue weighted by atomic mass is 16.5. The van der Waals surface area contributed by atoms with Gasteiger partial charge in [0, 0.05) is 5.56 Å². The van der Waals surface area contributed by atoms with E-state index >= 15 is 0 Å². The summed E-state index contributed by atoms with van der Waals surface area (Å²) in [5, 5.41) is 19.2. The molecule has 0 heterocycles. The van der Waals surface area contributed by atoms with Crippen molar-refractivity contribution in [2.45, 2.75) is 12.5 Å². The van der Waals surface area contributed by atoms with Gasteiger partial charge in [0.25, 0.3) is 0 Å². The molecule has 110 valence electrons. The zero-order chi connectivity index (χ0) is 15.3. The van der Waals surface area contributed by atoms with Gasteiger partial charge in [0.15, 0.2) is 5.78 Å². The molecule has 0 aromatic heterocycles. The summed E-state index contributed by atoms with van der Waals surface area (Å²) >= 11 is 0. The first-order valence-electron chi connectivity index (χ1n) is 6.72. The zero-order valence-corrected chi connectivity index (χ0v) is 11.8. The van der Waals surface area contributed by atoms with Gasteiger partial charge < -0.3 is 14.9 Å². The van der Waals surface area contributed by atoms with Crippen LogP contribution in [0.2, 0.25) is 0 Å². The molecule has 0 aliphatic carbocycles. The Morgan fingerprint density at radius 2 is 1.71 bits per heavy atom. The van der Waals surface area contributed by atoms with Crippen molar-refractivity contribution in [1.82, 2.24) is 0 Å². The first-order chi connectivity index (χ1) is 10.1. The zero-order valence-electron chi connectivity index (χ0n) is 11.8. The van der Waals surface area contributed by atoms with E-state index < -0.39 is 5.60 Å². The molecule has 4 nitrogen and oxygen atoms in total. The van der Waals surface area contributed by atoms with Crippen LogP contribution in [-0.2, 0) is 5.60 Å². The molecule has 2 aromatic rings. The summed E-state index contributed by atoms with van der Waals surface area (Å²) in [4.78, 5) is 12.5. The van der Waals surface area contributed by atoms with Crippen LogP contribution >= 0.6 is 0 Å². The van der Waals surface area contributed by atoms with Crippen LogP contribution < -0.4 is 4.74 Å². The number of hydrogen-bond donors (Lipinski definition) is 2. The van der Waals surface area contributed by atoms with Gasteiger partial charge in [-0.25, -0.2) is 0 Å². The van der Waals surface area contributed by atoms with Gasteiger partial charge in [0.1, 0.15) is 18.0 Å². The lowest BCUT2D eigenvalue weighted by atomic mass is 9.88. The Morgan fingerprint density at radius 1 is 1.10 bits per heavy atom. The monoisotopic (exact) mass is 286 g/mol. The number of hydrogen-bond acceptors (Lipinski definition) is 4. The minimum atomic E-state index is -1.57. The Morgan fingerprint density at radius 3 is 2.29 bits per heavy atom. The molecule has 1 unspecified atom stereocenters. The van der Waals surface area contributed by atoms with Crippen LogP contribution in [0.5, 0.6) is 5.75 Å². The molecular formula is C17H18O4. The number of aliphatic hydroxyl groups is 2. The van der Waals surface area contributed by atoms with Crippen molar-refractivity contribution in [1.29, 1.82) is 0 Å². The molecule has 0 saturated heterocycles. The molecular weight excluding hydrogens is 268 g/mol. The number of ketones is 1. The van der Waals surface area contributed by atoms with E-state index in [-0.39, 0.29) is 19.0 Å². The van der Waals surface area contributed by atoms with Crippen LogP contribution in [0.3, 0.4) is 0 Å². The maximum absolute atomic E-state index is 12.5. The first-order valence-corrected chi connectivity index (χ1v) is 6.72. The normalized spacial score (nSPS) is 13.5. The highest BCUT2D eigenvalue weighted by molar-refractivity contribution is 6.02. The average Bonchev–Trinajstić information content (AvgIpc) is 2.53. The maximum atomic E-state index is 12.5. The van der Waals surface area contributed by atoms with E-state index in [1.807, 2.05) is 6.07 Å². The van der Waals surface area contributed by atoms with Gasteiger partial charge in [0.2, 0.25) is 0 Å². The first kappa shape index (κ1) is 15.2. The Kier molecular flexibility index (Phi) is 4.73. The Labute approximate surface area is 123 Å². The number of Topliss-reactive ketones (excluding diaryl/α,β-unsaturated/α-hetero) is 1. The predicted molar refractivity (Wildman–Crippen MR) is 79.4 cm³/mol. The smallest absolute Gasteiger partial charge is 0.198 e. The van der Waals surface area contributed by atoms with Gasteiger partial charge in [-0.2, -0.15) is 0 Å². The summed E-state index contributed by atoms with van der Waals surface area (Å²) in [6, 6.07) is 15.3. The fourth-order valence-corrected chi connectivity index (χ4v) is 2.04. The van der Waals surface area contributed by atoms with Gasteiger partial charge in [0.05, 0.1) is 6.61 Å². The molecule has 2 aromatic carbocycles. The number of carbonyl (C=O) groups excluding carboxylic acids is 1. The summed E-state index contributed by atoms with van der Waals surface area (Å²) < 4.78 is 5.24. The molecule has 0 bridgehead atoms. The summed E-state index contributed by atoms with van der Waals surface area (Å²) in [6.45, 7) is 1.62. The highest BCUT2D eigenvalue weighted by Gasteiger charge is 2.32. The van der Waals surface area contributed by atoms with Crippen LogP contribution in [-0.4, -0.2) is 29.2 Å². The fraction of sp³-hybridized carbons (Fsp3) is 0.235. The summed E-state index contributed by atoms with van der Waals surface area (Å²) in [5.41, 5.74) is -0.620. The second-order valence-corrected chi connectivity index (χ2v) is 4.86. The Bertz CT molecular complexity index is 588. The summed E-state index contributed by atoms with van der Waals surface area (Å²) in [7, 11) is 0. The minimum Gasteiger partial charge on any atom is -0.491 e. The molecule has 21 heavy (non-hydrogen) atoms. The topological polar surface area (TPSA) is 66.8 Å². The molecule has 2 N–H and O–H groups in total. The molecule has 4 heteroatoms. The molecule has 0 saturated carbocycles. The molecule has 0 aliphatic heterocycles. The van der Waals surface area contributed by atoms with E-state index in [9.17, 15) is 9.90 Å². The van der Waals surface area contributed by atoms with Gasteiger partial charge in [-0.1, -0.05) is 30.3 Å². The van der Waals surface area contributed by atoms with Crippen LogP contribution in [0.4, 0.5) is 0 Å². The van der Waals surface area contributed by atoms with Crippen LogP contribution in [0.15, 0.2) is 54.6 Å². The molecule has 0 aliphatic rings. The molecule has 2 rings (SSSR count). The van der Waals surface area contributed by atoms with Crippen molar-refractivity contribution in [3.8, 4) is 5.75 Å². The average molecular weight is 286 g/mol. The van der Waals surface area contributed by atoms with E-state index in [2.05, 4.69) is 0 Å². The third-order valence-electron chi connectivity index (χ3n) is 3.25. The predicted octanol–water partition coefficient (Wildman–Crippen LogP) is 2.15. The lowest BCUT2D eigenvalue weighted by Gasteiger charge is -2.22. The van der Waals surface area contributed by atoms with Crippen molar-refractivity contribution >= 4 is 5.78 Å². The van der Waals surface area contributed by atoms with Gasteiger partial charge in [-0.05, 0) is 36.8 Å². The van der Waals surface area contributed by atoms with Crippen molar-refractivity contribution in [3.63, 3.8) is 0 Å². The molecule has 0 radical (unpaired) electrons. The number of ether oxygens (including phenoxy) is 1. The Balaban J connectivity index is 2.19. The number of rotatable bonds is 6. The van der Waals surface area contributed by atoms with Gasteiger partial charge in [-0.15, -0.1) is 0 Å². The number of aliphatic hydroxyl groups excluding tert-OH is 1. The third-order valence-corrected chi connectivity index (χ3v) is 3.25. The van der Waals surface area contributed by atoms with E-state index in [4.69, 9.17) is 9.84 Å². The van der Waals surface area contributed by atoms with Gasteiger partial charge in [-0.3, -0.25) is 4.79 Å². The van der Waals surface area contributed by atoms with Crippen molar-refractivity contribution in [2.75, 3.05) is 13.2 Å². The van der Waals surface area contributed by atoms with Crippen LogP contribution in [0, 0.1) is 0 Å². The fourth-order valence-electron chi connectivity index (χ4n) is 2.04. The molecule has 0 fully saturated rings. The SMILES string of the molecule is CC(O)(C(=O)c1ccc(OCCO)cc1)c1ccccc1. The molecule has 0 amide bonds. The van der Waals surface area contributed by atoms with Crippen LogP contribution in [0.1, 0.15) is 22.8 Å². The van der Waals surface area contributed by atoms with E-state index in [1.54, 1.807) is 48.5 Å². The lowest BCUT2D eigenvalue weighted by molar-refractivity contribution is 0.0392. The third kappa shape index (κ3) is 3.48. The lowest BCUT2D eigenvalue weighted by Crippen LogP contribution is -2.32. The summed E-state index contributed by atoms with van der Waals surface area (Å²) in [6.07, 6.45) is 0. The second kappa shape index (κ2) is 6.52. The second-order valence-electron chi connectivity index (χ2n) is 4.86. The Hall–Kier alpha value is -2.17. The van der Waals surface area contributed by atoms with E-state index in [0.29, 0.717) is 16.9 Å². The van der Waals surface area contributed by atoms with Crippen molar-refractivity contribution in [2.24, 2.45) is 0 Å². The van der Waals surface area contributed by atoms with E-state index in [1.165, 1.54) is 6.92 Å². The van der Waals surface area contributed by atoms with Gasteiger partial charge >= 0.3 is 0 Å². The quantitative estimate of drug-likeness (QED) is 0.799. The largest absolute Gasteiger partial charge is 0.491 e. The van der Waals surface area contributed by atoms with E-state index in [0.717, 1.165) is 0 Å². The maximum Gasteiger partial charge on any atom is 0.198 e. The van der Waals surface area contributed by atoms with Crippen LogP contribution in [0.25, 0.3) is 0 Å². The number of carbonyl (C=O) groups is 1. The number of benzene rings is 2. The van der Waals surface area contributed by atoms with Crippen molar-refractivity contribution in [3.05, 3.63) is 65.7 Å². The molecule has 0 spiro atoms. The highest BCUT2D eigenvalue weighted by Crippen LogP contribution is 2.26. The standard InChI is InChI=1S/C17H18O4/c1-17(20,14-5-3-2-4-6-14)16(19)13-7-9-15(10-8-13)21-12-11-18/h2-10,18,20H,11-12H2,1H3.